The minimum Gasteiger partial charge on any atom is -0.346 e. The van der Waals surface area contributed by atoms with Gasteiger partial charge in [-0.1, -0.05) is 31.9 Å². The Hall–Kier alpha value is 0.550. The van der Waals surface area contributed by atoms with Gasteiger partial charge in [-0.05, 0) is 23.7 Å². The molecule has 17 heavy (non-hydrogen) atoms. The summed E-state index contributed by atoms with van der Waals surface area (Å²) in [5.74, 6) is 2.50. The molecule has 5 heteroatoms. The molecule has 1 aliphatic heterocycles. The highest BCUT2D eigenvalue weighted by atomic mass is 79.9. The summed E-state index contributed by atoms with van der Waals surface area (Å²) in [5, 5.41) is 0. The Morgan fingerprint density at radius 1 is 1.00 bits per heavy atom. The van der Waals surface area contributed by atoms with E-state index in [-0.39, 0.29) is 14.6 Å². The van der Waals surface area contributed by atoms with Crippen LogP contribution in [0.5, 0.6) is 0 Å². The molecule has 8 atom stereocenters. The average Bonchev–Trinajstić information content (AvgIpc) is 2.96. The number of alkyl halides is 2. The molecule has 0 aromatic carbocycles. The molecule has 4 bridgehead atoms. The van der Waals surface area contributed by atoms with Crippen LogP contribution < -0.4 is 0 Å². The van der Waals surface area contributed by atoms with Crippen molar-refractivity contribution in [3.8, 4) is 0 Å². The van der Waals surface area contributed by atoms with Gasteiger partial charge in [-0.2, -0.15) is 0 Å². The van der Waals surface area contributed by atoms with Crippen LogP contribution in [0.1, 0.15) is 0 Å². The fraction of sp³-hybridized carbons (Fsp3) is 0.917. The predicted octanol–water partition coefficient (Wildman–Crippen LogP) is 1.33. The maximum absolute atomic E-state index is 12.5. The number of ether oxygens (including phenoxy) is 2. The zero-order chi connectivity index (χ0) is 11.4. The second-order valence-electron chi connectivity index (χ2n) is 6.42. The average molecular weight is 362 g/mol. The molecule has 1 spiro atoms. The SMILES string of the molecule is O=C1[C@@H]2[C@@H]3[C@H]4[C@H]5[C@@H]([C@H]2[C@@]5(Br)C32OCCO2)[C@]14Br. The number of halogens is 2. The van der Waals surface area contributed by atoms with Crippen molar-refractivity contribution in [2.45, 2.75) is 14.4 Å². The summed E-state index contributed by atoms with van der Waals surface area (Å²) in [4.78, 5) is 12.5. The first kappa shape index (κ1) is 9.45. The van der Waals surface area contributed by atoms with Crippen LogP contribution in [0.3, 0.4) is 0 Å². The van der Waals surface area contributed by atoms with Gasteiger partial charge in [-0.3, -0.25) is 4.79 Å². The van der Waals surface area contributed by atoms with Crippen LogP contribution in [0, 0.1) is 35.5 Å². The van der Waals surface area contributed by atoms with E-state index < -0.39 is 5.79 Å². The van der Waals surface area contributed by atoms with E-state index in [9.17, 15) is 4.79 Å². The maximum Gasteiger partial charge on any atom is 0.188 e. The minimum absolute atomic E-state index is 0.0510. The van der Waals surface area contributed by atoms with Gasteiger partial charge in [0.25, 0.3) is 0 Å². The largest absolute Gasteiger partial charge is 0.346 e. The summed E-state index contributed by atoms with van der Waals surface area (Å²) >= 11 is 7.73. The van der Waals surface area contributed by atoms with Crippen LogP contribution in [0.15, 0.2) is 0 Å². The number of Topliss-reactive ketones (excluding diaryl/α,β-unsaturated/α-hetero) is 1. The summed E-state index contributed by atoms with van der Waals surface area (Å²) < 4.78 is 11.8. The molecule has 0 unspecified atom stereocenters. The highest BCUT2D eigenvalue weighted by Gasteiger charge is 3.04. The first-order chi connectivity index (χ1) is 8.10. The van der Waals surface area contributed by atoms with Gasteiger partial charge < -0.3 is 9.47 Å². The topological polar surface area (TPSA) is 35.5 Å². The molecule has 0 amide bonds. The highest BCUT2D eigenvalue weighted by molar-refractivity contribution is 9.10. The van der Waals surface area contributed by atoms with Crippen LogP contribution in [-0.4, -0.2) is 33.4 Å². The molecule has 6 aliphatic carbocycles. The number of carbonyl (C=O) groups is 1. The van der Waals surface area contributed by atoms with Crippen molar-refractivity contribution < 1.29 is 14.3 Å². The van der Waals surface area contributed by atoms with Gasteiger partial charge >= 0.3 is 0 Å². The lowest BCUT2D eigenvalue weighted by Gasteiger charge is -2.69. The zero-order valence-corrected chi connectivity index (χ0v) is 12.0. The molecule has 90 valence electrons. The van der Waals surface area contributed by atoms with E-state index in [0.717, 1.165) is 0 Å². The standard InChI is InChI=1S/C12H10Br2O3/c13-10-6-4-3(9(10)15)5-7(10)8(6)11(4,14)12(5)16-1-2-17-12/h3-8H,1-2H2/t3-,4-,5+,6+,7-,8+,10+,11-/m0/s1. The van der Waals surface area contributed by atoms with Crippen LogP contribution in [0.4, 0.5) is 0 Å². The minimum atomic E-state index is -0.476. The Labute approximate surface area is 115 Å². The smallest absolute Gasteiger partial charge is 0.188 e. The fourth-order valence-corrected chi connectivity index (χ4v) is 9.62. The predicted molar refractivity (Wildman–Crippen MR) is 63.9 cm³/mol. The first-order valence-electron chi connectivity index (χ1n) is 6.30. The van der Waals surface area contributed by atoms with Crippen LogP contribution in [0.2, 0.25) is 0 Å². The number of ketones is 1. The van der Waals surface area contributed by atoms with Gasteiger partial charge in [0.05, 0.1) is 21.9 Å². The molecule has 0 N–H and O–H groups in total. The maximum atomic E-state index is 12.5. The second-order valence-corrected chi connectivity index (χ2v) is 9.04. The van der Waals surface area contributed by atoms with E-state index in [1.54, 1.807) is 0 Å². The van der Waals surface area contributed by atoms with Crippen molar-refractivity contribution in [2.24, 2.45) is 35.5 Å². The molecule has 0 aromatic heterocycles. The summed E-state index contributed by atoms with van der Waals surface area (Å²) in [6, 6.07) is 0. The molecular weight excluding hydrogens is 352 g/mol. The van der Waals surface area contributed by atoms with Crippen molar-refractivity contribution in [3.63, 3.8) is 0 Å². The molecule has 7 rings (SSSR count). The third-order valence-corrected chi connectivity index (χ3v) is 9.69. The number of rotatable bonds is 0. The normalized spacial score (nSPS) is 74.6. The molecule has 1 saturated heterocycles. The van der Waals surface area contributed by atoms with Gasteiger partial charge in [-0.25, -0.2) is 0 Å². The molecule has 0 radical (unpaired) electrons. The van der Waals surface area contributed by atoms with E-state index in [1.807, 2.05) is 0 Å². The lowest BCUT2D eigenvalue weighted by Crippen LogP contribution is -2.75. The monoisotopic (exact) mass is 360 g/mol. The Balaban J connectivity index is 1.69. The van der Waals surface area contributed by atoms with Crippen LogP contribution >= 0.6 is 31.9 Å². The fourth-order valence-electron chi connectivity index (χ4n) is 6.58. The number of hydrogen-bond donors (Lipinski definition) is 0. The van der Waals surface area contributed by atoms with E-state index in [1.165, 1.54) is 0 Å². The Kier molecular flexibility index (Phi) is 1.17. The third kappa shape index (κ3) is 0.514. The van der Waals surface area contributed by atoms with Crippen molar-refractivity contribution >= 4 is 37.6 Å². The number of hydrogen-bond acceptors (Lipinski definition) is 3. The van der Waals surface area contributed by atoms with Crippen molar-refractivity contribution in [3.05, 3.63) is 0 Å². The summed E-state index contributed by atoms with van der Waals surface area (Å²) in [6.45, 7) is 1.35. The van der Waals surface area contributed by atoms with Gasteiger partial charge in [0, 0.05) is 11.8 Å². The van der Waals surface area contributed by atoms with E-state index in [2.05, 4.69) is 31.9 Å². The molecular formula is C12H10Br2O3. The lowest BCUT2D eigenvalue weighted by molar-refractivity contribution is -0.199. The summed E-state index contributed by atoms with van der Waals surface area (Å²) in [5.41, 5.74) is 0. The zero-order valence-electron chi connectivity index (χ0n) is 8.86. The van der Waals surface area contributed by atoms with Crippen molar-refractivity contribution in [1.82, 2.24) is 0 Å². The second kappa shape index (κ2) is 2.11. The van der Waals surface area contributed by atoms with Gasteiger partial charge in [0.2, 0.25) is 0 Å². The Morgan fingerprint density at radius 3 is 2.24 bits per heavy atom. The third-order valence-electron chi connectivity index (χ3n) is 6.63. The van der Waals surface area contributed by atoms with Gasteiger partial charge in [-0.15, -0.1) is 0 Å². The van der Waals surface area contributed by atoms with E-state index in [4.69, 9.17) is 9.47 Å². The quantitative estimate of drug-likeness (QED) is 0.611. The molecule has 6 saturated carbocycles. The first-order valence-corrected chi connectivity index (χ1v) is 7.89. The lowest BCUT2D eigenvalue weighted by atomic mass is 9.40. The Bertz CT molecular complexity index is 516. The van der Waals surface area contributed by atoms with Gasteiger partial charge in [0.15, 0.2) is 11.6 Å². The van der Waals surface area contributed by atoms with Crippen LogP contribution in [0.25, 0.3) is 0 Å². The summed E-state index contributed by atoms with van der Waals surface area (Å²) in [7, 11) is 0. The summed E-state index contributed by atoms with van der Waals surface area (Å²) in [6.07, 6.45) is 0. The van der Waals surface area contributed by atoms with Gasteiger partial charge in [0.1, 0.15) is 0 Å². The van der Waals surface area contributed by atoms with Crippen molar-refractivity contribution in [2.75, 3.05) is 13.2 Å². The molecule has 7 fully saturated rings. The molecule has 3 nitrogen and oxygen atoms in total. The van der Waals surface area contributed by atoms with E-state index >= 15 is 0 Å². The highest BCUT2D eigenvalue weighted by Crippen LogP contribution is 2.96. The van der Waals surface area contributed by atoms with Crippen LogP contribution in [-0.2, 0) is 14.3 Å². The molecule has 0 aromatic rings. The van der Waals surface area contributed by atoms with E-state index in [0.29, 0.717) is 48.6 Å². The number of carbonyl (C=O) groups excluding carboxylic acids is 1. The van der Waals surface area contributed by atoms with Crippen molar-refractivity contribution in [1.29, 1.82) is 0 Å². The molecule has 1 heterocycles. The molecule has 7 aliphatic rings. The Morgan fingerprint density at radius 2 is 1.65 bits per heavy atom.